The summed E-state index contributed by atoms with van der Waals surface area (Å²) in [6.07, 6.45) is 2.98. The topological polar surface area (TPSA) is 91.4 Å². The molecule has 0 unspecified atom stereocenters. The third-order valence-corrected chi connectivity index (χ3v) is 7.17. The Hall–Kier alpha value is -2.79. The van der Waals surface area contributed by atoms with Crippen LogP contribution in [0.5, 0.6) is 0 Å². The Morgan fingerprint density at radius 3 is 2.97 bits per heavy atom. The van der Waals surface area contributed by atoms with Crippen LogP contribution in [-0.2, 0) is 13.6 Å². The van der Waals surface area contributed by atoms with Gasteiger partial charge >= 0.3 is 0 Å². The second-order valence-corrected chi connectivity index (χ2v) is 9.45. The quantitative estimate of drug-likeness (QED) is 0.550. The number of pyridine rings is 1. The molecule has 0 saturated carbocycles. The van der Waals surface area contributed by atoms with E-state index in [9.17, 15) is 13.6 Å². The summed E-state index contributed by atoms with van der Waals surface area (Å²) >= 11 is 1.60. The van der Waals surface area contributed by atoms with Crippen LogP contribution in [0.15, 0.2) is 41.2 Å². The molecule has 0 aliphatic carbocycles. The van der Waals surface area contributed by atoms with Crippen LogP contribution in [0.1, 0.15) is 28.2 Å². The fourth-order valence-corrected chi connectivity index (χ4v) is 5.11. The molecule has 4 N–H and O–H groups in total. The molecular formula is C22H29F2N7OS. The summed E-state index contributed by atoms with van der Waals surface area (Å²) in [5.41, 5.74) is 8.86. The highest BCUT2D eigenvalue weighted by Gasteiger charge is 2.39. The Labute approximate surface area is 196 Å². The molecule has 2 aromatic heterocycles. The molecule has 1 amide bonds. The summed E-state index contributed by atoms with van der Waals surface area (Å²) in [6.45, 7) is 4.46. The van der Waals surface area contributed by atoms with E-state index >= 15 is 0 Å². The molecule has 2 aliphatic rings. The lowest BCUT2D eigenvalue weighted by atomic mass is 10.2. The molecule has 0 aromatic carbocycles. The van der Waals surface area contributed by atoms with Crippen LogP contribution < -0.4 is 21.3 Å². The first kappa shape index (κ1) is 23.4. The van der Waals surface area contributed by atoms with Crippen molar-refractivity contribution in [2.75, 3.05) is 37.6 Å². The van der Waals surface area contributed by atoms with Gasteiger partial charge < -0.3 is 25.8 Å². The van der Waals surface area contributed by atoms with Crippen LogP contribution in [-0.4, -0.2) is 58.4 Å². The zero-order valence-corrected chi connectivity index (χ0v) is 19.6. The molecule has 0 spiro atoms. The monoisotopic (exact) mass is 477 g/mol. The van der Waals surface area contributed by atoms with Crippen molar-refractivity contribution in [1.29, 1.82) is 0 Å². The van der Waals surface area contributed by atoms with Gasteiger partial charge in [-0.3, -0.25) is 4.79 Å². The summed E-state index contributed by atoms with van der Waals surface area (Å²) < 4.78 is 31.4. The largest absolute Gasteiger partial charge is 0.403 e. The Balaban J connectivity index is 1.43. The number of nitrogens with two attached hydrogens (primary N) is 1. The van der Waals surface area contributed by atoms with E-state index in [1.165, 1.54) is 0 Å². The molecule has 178 valence electrons. The van der Waals surface area contributed by atoms with Gasteiger partial charge in [0.2, 0.25) is 0 Å². The Morgan fingerprint density at radius 1 is 1.42 bits per heavy atom. The maximum absolute atomic E-state index is 13.7. The average Bonchev–Trinajstić information content (AvgIpc) is 3.31. The van der Waals surface area contributed by atoms with E-state index in [0.29, 0.717) is 23.6 Å². The van der Waals surface area contributed by atoms with Crippen LogP contribution in [0.3, 0.4) is 0 Å². The third-order valence-electron chi connectivity index (χ3n) is 5.99. The lowest BCUT2D eigenvalue weighted by molar-refractivity contribution is 0.0256. The number of carbonyl (C=O) groups is 1. The number of hydrogen-bond acceptors (Lipinski definition) is 7. The van der Waals surface area contributed by atoms with Gasteiger partial charge in [0.25, 0.3) is 11.8 Å². The Kier molecular flexibility index (Phi) is 6.80. The number of aromatic nitrogens is 2. The molecular weight excluding hydrogens is 448 g/mol. The number of piperazine rings is 1. The zero-order chi connectivity index (χ0) is 23.6. The normalized spacial score (nSPS) is 19.6. The van der Waals surface area contributed by atoms with E-state index < -0.39 is 5.92 Å². The number of rotatable bonds is 6. The zero-order valence-electron chi connectivity index (χ0n) is 18.8. The molecule has 2 aliphatic heterocycles. The van der Waals surface area contributed by atoms with Crippen molar-refractivity contribution in [2.24, 2.45) is 12.8 Å². The summed E-state index contributed by atoms with van der Waals surface area (Å²) in [5, 5.41) is 6.19. The van der Waals surface area contributed by atoms with Gasteiger partial charge in [-0.25, -0.2) is 18.1 Å². The van der Waals surface area contributed by atoms with Crippen LogP contribution in [0, 0.1) is 6.92 Å². The molecule has 2 saturated heterocycles. The number of amides is 1. The van der Waals surface area contributed by atoms with E-state index in [-0.39, 0.29) is 32.0 Å². The number of alkyl halides is 2. The Morgan fingerprint density at radius 2 is 2.24 bits per heavy atom. The van der Waals surface area contributed by atoms with Gasteiger partial charge in [-0.15, -0.1) is 0 Å². The van der Waals surface area contributed by atoms with Gasteiger partial charge in [0.1, 0.15) is 11.5 Å². The fraction of sp³-hybridized carbons (Fsp3) is 0.455. The van der Waals surface area contributed by atoms with Crippen molar-refractivity contribution < 1.29 is 13.6 Å². The minimum Gasteiger partial charge on any atom is -0.403 e. The van der Waals surface area contributed by atoms with E-state index in [2.05, 4.69) is 19.9 Å². The van der Waals surface area contributed by atoms with Crippen LogP contribution in [0.25, 0.3) is 0 Å². The van der Waals surface area contributed by atoms with Crippen LogP contribution >= 0.6 is 11.9 Å². The van der Waals surface area contributed by atoms with Gasteiger partial charge in [-0.05, 0) is 31.0 Å². The second kappa shape index (κ2) is 9.60. The number of nitrogens with zero attached hydrogens (tertiary/aromatic N) is 4. The molecule has 2 aromatic rings. The second-order valence-electron chi connectivity index (χ2n) is 8.31. The molecule has 0 bridgehead atoms. The number of carbonyl (C=O) groups excluding carboxylic acids is 1. The van der Waals surface area contributed by atoms with Crippen molar-refractivity contribution in [3.05, 3.63) is 53.2 Å². The predicted molar refractivity (Wildman–Crippen MR) is 125 cm³/mol. The predicted octanol–water partition coefficient (Wildman–Crippen LogP) is 2.22. The summed E-state index contributed by atoms with van der Waals surface area (Å²) in [7, 11) is 1.86. The summed E-state index contributed by atoms with van der Waals surface area (Å²) in [5.74, 6) is -2.44. The van der Waals surface area contributed by atoms with E-state index in [0.717, 1.165) is 29.4 Å². The highest BCUT2D eigenvalue weighted by atomic mass is 32.2. The molecule has 0 radical (unpaired) electrons. The maximum atomic E-state index is 13.7. The first-order chi connectivity index (χ1) is 15.8. The van der Waals surface area contributed by atoms with E-state index in [1.54, 1.807) is 35.3 Å². The van der Waals surface area contributed by atoms with Gasteiger partial charge in [0.05, 0.1) is 13.1 Å². The van der Waals surface area contributed by atoms with Gasteiger partial charge in [0, 0.05) is 73.9 Å². The molecule has 33 heavy (non-hydrogen) atoms. The molecule has 4 heterocycles. The molecule has 2 fully saturated rings. The minimum absolute atomic E-state index is 0.186. The van der Waals surface area contributed by atoms with E-state index in [1.807, 2.05) is 30.7 Å². The number of hydrogen-bond donors (Lipinski definition) is 3. The number of anilines is 1. The first-order valence-corrected chi connectivity index (χ1v) is 11.6. The third kappa shape index (κ3) is 5.25. The van der Waals surface area contributed by atoms with Gasteiger partial charge in [0.15, 0.2) is 0 Å². The fourth-order valence-electron chi connectivity index (χ4n) is 4.01. The molecule has 0 atom stereocenters. The Bertz CT molecular complexity index is 1060. The van der Waals surface area contributed by atoms with Crippen molar-refractivity contribution in [2.45, 2.75) is 30.7 Å². The van der Waals surface area contributed by atoms with Crippen molar-refractivity contribution >= 4 is 23.7 Å². The summed E-state index contributed by atoms with van der Waals surface area (Å²) in [6, 6.07) is 5.44. The lowest BCUT2D eigenvalue weighted by Gasteiger charge is -2.28. The maximum Gasteiger partial charge on any atom is 0.268 e. The standard InChI is InChI=1S/C22H29F2N7OS/c1-15-19(33-31-9-7-26-17(11-25)13-31)10-18(29(15)2)21(32)28-12-16-4-3-6-27-20(16)30-8-5-22(23,24)14-30/h3-4,6,10-11,26H,5,7-9,12-14,25H2,1-2H3,(H,28,32)/b17-11-. The molecule has 4 rings (SSSR count). The van der Waals surface area contributed by atoms with Gasteiger partial charge in [-0.1, -0.05) is 6.07 Å². The van der Waals surface area contributed by atoms with Gasteiger partial charge in [-0.2, -0.15) is 0 Å². The molecule has 11 heteroatoms. The number of halogens is 2. The average molecular weight is 478 g/mol. The van der Waals surface area contributed by atoms with Crippen molar-refractivity contribution in [3.8, 4) is 0 Å². The van der Waals surface area contributed by atoms with Crippen LogP contribution in [0.4, 0.5) is 14.6 Å². The smallest absolute Gasteiger partial charge is 0.268 e. The SMILES string of the molecule is Cc1c(SN2CCN/C(=C\N)C2)cc(C(=O)NCc2cccnc2N2CCC(F)(F)C2)n1C. The van der Waals surface area contributed by atoms with E-state index in [4.69, 9.17) is 5.73 Å². The highest BCUT2D eigenvalue weighted by Crippen LogP contribution is 2.32. The van der Waals surface area contributed by atoms with Crippen molar-refractivity contribution in [3.63, 3.8) is 0 Å². The highest BCUT2D eigenvalue weighted by molar-refractivity contribution is 7.97. The minimum atomic E-state index is -2.71. The lowest BCUT2D eigenvalue weighted by Crippen LogP contribution is -2.38. The van der Waals surface area contributed by atoms with Crippen LogP contribution in [0.2, 0.25) is 0 Å². The molecule has 8 nitrogen and oxygen atoms in total. The van der Waals surface area contributed by atoms with Crippen molar-refractivity contribution in [1.82, 2.24) is 24.5 Å². The first-order valence-electron chi connectivity index (χ1n) is 10.9. The number of nitrogens with one attached hydrogen (secondary N) is 2. The summed E-state index contributed by atoms with van der Waals surface area (Å²) in [4.78, 5) is 19.9.